The van der Waals surface area contributed by atoms with E-state index in [1.165, 1.54) is 7.05 Å². The third-order valence-corrected chi connectivity index (χ3v) is 3.09. The lowest BCUT2D eigenvalue weighted by Gasteiger charge is -2.18. The van der Waals surface area contributed by atoms with Crippen LogP contribution in [0.5, 0.6) is 0 Å². The molecule has 0 aliphatic heterocycles. The molecule has 0 saturated heterocycles. The molecule has 1 atom stereocenters. The molecule has 20 heavy (non-hydrogen) atoms. The van der Waals surface area contributed by atoms with E-state index >= 15 is 0 Å². The second-order valence-electron chi connectivity index (χ2n) is 4.77. The first-order valence-corrected chi connectivity index (χ1v) is 7.16. The van der Waals surface area contributed by atoms with Crippen LogP contribution in [0.4, 0.5) is 10.5 Å². The molecule has 0 aromatic heterocycles. The lowest BCUT2D eigenvalue weighted by atomic mass is 10.1. The Morgan fingerprint density at radius 1 is 1.25 bits per heavy atom. The van der Waals surface area contributed by atoms with Gasteiger partial charge in [-0.3, -0.25) is 10.1 Å². The van der Waals surface area contributed by atoms with Gasteiger partial charge in [-0.1, -0.05) is 29.8 Å². The molecule has 1 aromatic carbocycles. The highest BCUT2D eigenvalue weighted by Crippen LogP contribution is 2.15. The lowest BCUT2D eigenvalue weighted by Crippen LogP contribution is -2.37. The summed E-state index contributed by atoms with van der Waals surface area (Å²) in [6.45, 7) is 3.93. The SMILES string of the molecule is CNC(=O)[C@H](CC(C)C)OC(=O)Nc1ccc(Br)cc1. The van der Waals surface area contributed by atoms with Gasteiger partial charge in [-0.05, 0) is 36.6 Å². The van der Waals surface area contributed by atoms with Crippen molar-refractivity contribution in [1.82, 2.24) is 5.32 Å². The van der Waals surface area contributed by atoms with Crippen molar-refractivity contribution >= 4 is 33.6 Å². The van der Waals surface area contributed by atoms with Gasteiger partial charge in [0.2, 0.25) is 0 Å². The molecule has 2 amide bonds. The van der Waals surface area contributed by atoms with Gasteiger partial charge >= 0.3 is 6.09 Å². The Balaban J connectivity index is 2.61. The van der Waals surface area contributed by atoms with Crippen molar-refractivity contribution in [2.45, 2.75) is 26.4 Å². The number of nitrogens with one attached hydrogen (secondary N) is 2. The van der Waals surface area contributed by atoms with Crippen molar-refractivity contribution in [2.75, 3.05) is 12.4 Å². The van der Waals surface area contributed by atoms with E-state index in [1.54, 1.807) is 24.3 Å². The van der Waals surface area contributed by atoms with Crippen LogP contribution in [0.1, 0.15) is 20.3 Å². The lowest BCUT2D eigenvalue weighted by molar-refractivity contribution is -0.129. The number of carbonyl (C=O) groups excluding carboxylic acids is 2. The van der Waals surface area contributed by atoms with Gasteiger partial charge in [-0.15, -0.1) is 0 Å². The summed E-state index contributed by atoms with van der Waals surface area (Å²) in [5.74, 6) is -0.0533. The molecule has 2 N–H and O–H groups in total. The van der Waals surface area contributed by atoms with Gasteiger partial charge in [0.1, 0.15) is 0 Å². The van der Waals surface area contributed by atoms with E-state index in [1.807, 2.05) is 13.8 Å². The molecule has 0 saturated carbocycles. The second kappa shape index (κ2) is 7.89. The van der Waals surface area contributed by atoms with E-state index < -0.39 is 12.2 Å². The first-order valence-electron chi connectivity index (χ1n) is 6.37. The number of hydrogen-bond donors (Lipinski definition) is 2. The summed E-state index contributed by atoms with van der Waals surface area (Å²) in [6, 6.07) is 7.09. The first kappa shape index (κ1) is 16.5. The zero-order chi connectivity index (χ0) is 15.1. The van der Waals surface area contributed by atoms with Gasteiger partial charge in [0, 0.05) is 17.2 Å². The number of amides is 2. The third kappa shape index (κ3) is 5.61. The Morgan fingerprint density at radius 3 is 2.35 bits per heavy atom. The number of benzene rings is 1. The molecule has 0 fully saturated rings. The normalized spacial score (nSPS) is 11.8. The second-order valence-corrected chi connectivity index (χ2v) is 5.69. The minimum atomic E-state index is -0.782. The summed E-state index contributed by atoms with van der Waals surface area (Å²) in [7, 11) is 1.52. The van der Waals surface area contributed by atoms with Crippen molar-refractivity contribution in [2.24, 2.45) is 5.92 Å². The van der Waals surface area contributed by atoms with Crippen molar-refractivity contribution in [3.63, 3.8) is 0 Å². The van der Waals surface area contributed by atoms with Crippen LogP contribution in [0.25, 0.3) is 0 Å². The zero-order valence-corrected chi connectivity index (χ0v) is 13.4. The molecule has 110 valence electrons. The minimum Gasteiger partial charge on any atom is -0.436 e. The number of likely N-dealkylation sites (N-methyl/N-ethyl adjacent to an activating group) is 1. The third-order valence-electron chi connectivity index (χ3n) is 2.56. The largest absolute Gasteiger partial charge is 0.436 e. The maximum atomic E-state index is 11.8. The zero-order valence-electron chi connectivity index (χ0n) is 11.8. The van der Waals surface area contributed by atoms with E-state index in [2.05, 4.69) is 26.6 Å². The number of ether oxygens (including phenoxy) is 1. The Bertz CT molecular complexity index is 460. The van der Waals surface area contributed by atoms with Gasteiger partial charge in [-0.25, -0.2) is 4.79 Å². The van der Waals surface area contributed by atoms with Gasteiger partial charge in [0.25, 0.3) is 5.91 Å². The van der Waals surface area contributed by atoms with Crippen LogP contribution >= 0.6 is 15.9 Å². The van der Waals surface area contributed by atoms with Crippen LogP contribution in [0.15, 0.2) is 28.7 Å². The van der Waals surface area contributed by atoms with Gasteiger partial charge in [0.05, 0.1) is 0 Å². The number of rotatable bonds is 5. The van der Waals surface area contributed by atoms with Crippen LogP contribution < -0.4 is 10.6 Å². The maximum Gasteiger partial charge on any atom is 0.412 e. The fraction of sp³-hybridized carbons (Fsp3) is 0.429. The van der Waals surface area contributed by atoms with Gasteiger partial charge in [0.15, 0.2) is 6.10 Å². The molecule has 6 heteroatoms. The molecule has 0 unspecified atom stereocenters. The number of halogens is 1. The standard InChI is InChI=1S/C14H19BrN2O3/c1-9(2)8-12(13(18)16-3)20-14(19)17-11-6-4-10(15)5-7-11/h4-7,9,12H,8H2,1-3H3,(H,16,18)(H,17,19)/t12-/m0/s1. The molecular weight excluding hydrogens is 324 g/mol. The van der Waals surface area contributed by atoms with E-state index in [0.717, 1.165) is 4.47 Å². The van der Waals surface area contributed by atoms with Crippen molar-refractivity contribution in [3.05, 3.63) is 28.7 Å². The summed E-state index contributed by atoms with van der Waals surface area (Å²) >= 11 is 3.31. The summed E-state index contributed by atoms with van der Waals surface area (Å²) in [6.07, 6.45) is -0.940. The topological polar surface area (TPSA) is 67.4 Å². The van der Waals surface area contributed by atoms with Crippen LogP contribution in [-0.2, 0) is 9.53 Å². The molecular formula is C14H19BrN2O3. The highest BCUT2D eigenvalue weighted by atomic mass is 79.9. The van der Waals surface area contributed by atoms with Crippen molar-refractivity contribution in [1.29, 1.82) is 0 Å². The monoisotopic (exact) mass is 342 g/mol. The first-order chi connectivity index (χ1) is 9.42. The fourth-order valence-corrected chi connectivity index (χ4v) is 1.87. The minimum absolute atomic E-state index is 0.248. The van der Waals surface area contributed by atoms with Crippen molar-refractivity contribution in [3.8, 4) is 0 Å². The van der Waals surface area contributed by atoms with E-state index in [4.69, 9.17) is 4.74 Å². The number of carbonyl (C=O) groups is 2. The summed E-state index contributed by atoms with van der Waals surface area (Å²) in [4.78, 5) is 23.4. The molecule has 0 bridgehead atoms. The quantitative estimate of drug-likeness (QED) is 0.863. The fourth-order valence-electron chi connectivity index (χ4n) is 1.61. The van der Waals surface area contributed by atoms with Crippen LogP contribution in [-0.4, -0.2) is 25.2 Å². The Labute approximate surface area is 127 Å². The number of hydrogen-bond acceptors (Lipinski definition) is 3. The number of anilines is 1. The summed E-state index contributed by atoms with van der Waals surface area (Å²) in [5, 5.41) is 5.09. The van der Waals surface area contributed by atoms with Gasteiger partial charge < -0.3 is 10.1 Å². The predicted molar refractivity (Wildman–Crippen MR) is 81.6 cm³/mol. The highest BCUT2D eigenvalue weighted by Gasteiger charge is 2.23. The Kier molecular flexibility index (Phi) is 6.51. The average molecular weight is 343 g/mol. The van der Waals surface area contributed by atoms with E-state index in [0.29, 0.717) is 12.1 Å². The molecule has 0 aliphatic rings. The van der Waals surface area contributed by atoms with Crippen LogP contribution in [0.3, 0.4) is 0 Å². The molecule has 1 rings (SSSR count). The average Bonchev–Trinajstić information content (AvgIpc) is 2.39. The summed E-state index contributed by atoms with van der Waals surface area (Å²) < 4.78 is 6.09. The molecule has 0 aliphatic carbocycles. The van der Waals surface area contributed by atoms with E-state index in [9.17, 15) is 9.59 Å². The summed E-state index contributed by atoms with van der Waals surface area (Å²) in [5.41, 5.74) is 0.610. The van der Waals surface area contributed by atoms with Crippen LogP contribution in [0.2, 0.25) is 0 Å². The van der Waals surface area contributed by atoms with E-state index in [-0.39, 0.29) is 11.8 Å². The Morgan fingerprint density at radius 2 is 1.85 bits per heavy atom. The molecule has 0 heterocycles. The molecule has 5 nitrogen and oxygen atoms in total. The molecule has 0 spiro atoms. The van der Waals surface area contributed by atoms with Gasteiger partial charge in [-0.2, -0.15) is 0 Å². The predicted octanol–water partition coefficient (Wildman–Crippen LogP) is 3.16. The molecule has 1 aromatic rings. The highest BCUT2D eigenvalue weighted by molar-refractivity contribution is 9.10. The Hall–Kier alpha value is -1.56. The van der Waals surface area contributed by atoms with Crippen molar-refractivity contribution < 1.29 is 14.3 Å². The molecule has 0 radical (unpaired) electrons. The maximum absolute atomic E-state index is 11.8. The smallest absolute Gasteiger partial charge is 0.412 e. The van der Waals surface area contributed by atoms with Crippen LogP contribution in [0, 0.1) is 5.92 Å².